The summed E-state index contributed by atoms with van der Waals surface area (Å²) in [5, 5.41) is 0. The SMILES string of the molecule is CCCN1CCN(C(=O)c2cc(C3CCCN(C)C3)nc(C)n2)CC1. The molecule has 0 saturated carbocycles. The topological polar surface area (TPSA) is 52.6 Å². The van der Waals surface area contributed by atoms with Gasteiger partial charge in [0.15, 0.2) is 0 Å². The number of hydrogen-bond acceptors (Lipinski definition) is 5. The molecule has 6 nitrogen and oxygen atoms in total. The summed E-state index contributed by atoms with van der Waals surface area (Å²) < 4.78 is 0. The Labute approximate surface area is 151 Å². The van der Waals surface area contributed by atoms with Gasteiger partial charge in [-0.1, -0.05) is 6.92 Å². The summed E-state index contributed by atoms with van der Waals surface area (Å²) in [7, 11) is 2.15. The van der Waals surface area contributed by atoms with Crippen molar-refractivity contribution in [2.45, 2.75) is 39.0 Å². The molecule has 3 heterocycles. The van der Waals surface area contributed by atoms with Crippen LogP contribution in [0.25, 0.3) is 0 Å². The lowest BCUT2D eigenvalue weighted by Gasteiger charge is -2.34. The number of hydrogen-bond donors (Lipinski definition) is 0. The molecule has 0 aromatic carbocycles. The Morgan fingerprint density at radius 2 is 1.96 bits per heavy atom. The fraction of sp³-hybridized carbons (Fsp3) is 0.737. The summed E-state index contributed by atoms with van der Waals surface area (Å²) in [6.07, 6.45) is 3.50. The van der Waals surface area contributed by atoms with Crippen molar-refractivity contribution in [2.75, 3.05) is 52.9 Å². The van der Waals surface area contributed by atoms with Gasteiger partial charge < -0.3 is 9.80 Å². The Balaban J connectivity index is 1.70. The van der Waals surface area contributed by atoms with Gasteiger partial charge in [0.2, 0.25) is 0 Å². The van der Waals surface area contributed by atoms with Crippen LogP contribution in [0.4, 0.5) is 0 Å². The van der Waals surface area contributed by atoms with E-state index in [4.69, 9.17) is 0 Å². The molecule has 2 aliphatic heterocycles. The van der Waals surface area contributed by atoms with Crippen molar-refractivity contribution >= 4 is 5.91 Å². The van der Waals surface area contributed by atoms with E-state index >= 15 is 0 Å². The predicted molar refractivity (Wildman–Crippen MR) is 98.9 cm³/mol. The number of nitrogens with zero attached hydrogens (tertiary/aromatic N) is 5. The molecule has 0 bridgehead atoms. The van der Waals surface area contributed by atoms with Gasteiger partial charge >= 0.3 is 0 Å². The van der Waals surface area contributed by atoms with E-state index in [1.807, 2.05) is 17.9 Å². The van der Waals surface area contributed by atoms with Crippen molar-refractivity contribution in [3.05, 3.63) is 23.3 Å². The molecule has 138 valence electrons. The van der Waals surface area contributed by atoms with E-state index in [-0.39, 0.29) is 5.91 Å². The molecule has 1 aromatic heterocycles. The van der Waals surface area contributed by atoms with E-state index in [1.54, 1.807) is 0 Å². The maximum Gasteiger partial charge on any atom is 0.272 e. The minimum atomic E-state index is 0.0621. The summed E-state index contributed by atoms with van der Waals surface area (Å²) in [6, 6.07) is 1.94. The van der Waals surface area contributed by atoms with Gasteiger partial charge in [-0.3, -0.25) is 9.69 Å². The molecule has 0 aliphatic carbocycles. The third-order valence-corrected chi connectivity index (χ3v) is 5.32. The van der Waals surface area contributed by atoms with Crippen molar-refractivity contribution in [1.82, 2.24) is 24.7 Å². The Bertz CT molecular complexity index is 597. The number of piperazine rings is 1. The van der Waals surface area contributed by atoms with Crippen LogP contribution in [-0.2, 0) is 0 Å². The Morgan fingerprint density at radius 1 is 1.20 bits per heavy atom. The van der Waals surface area contributed by atoms with E-state index in [2.05, 4.69) is 33.7 Å². The summed E-state index contributed by atoms with van der Waals surface area (Å²) in [4.78, 5) is 28.7. The summed E-state index contributed by atoms with van der Waals surface area (Å²) >= 11 is 0. The molecule has 0 spiro atoms. The Kier molecular flexibility index (Phi) is 6.02. The highest BCUT2D eigenvalue weighted by Gasteiger charge is 2.26. The average molecular weight is 345 g/mol. The zero-order valence-corrected chi connectivity index (χ0v) is 15.9. The van der Waals surface area contributed by atoms with Gasteiger partial charge in [0.25, 0.3) is 5.91 Å². The third-order valence-electron chi connectivity index (χ3n) is 5.32. The van der Waals surface area contributed by atoms with Crippen molar-refractivity contribution in [1.29, 1.82) is 0 Å². The predicted octanol–water partition coefficient (Wildman–Crippen LogP) is 1.76. The lowest BCUT2D eigenvalue weighted by atomic mass is 9.94. The number of piperidine rings is 1. The smallest absolute Gasteiger partial charge is 0.272 e. The number of carbonyl (C=O) groups excluding carboxylic acids is 1. The molecular weight excluding hydrogens is 314 g/mol. The van der Waals surface area contributed by atoms with E-state index in [9.17, 15) is 4.79 Å². The first kappa shape index (κ1) is 18.3. The molecule has 0 N–H and O–H groups in total. The van der Waals surface area contributed by atoms with E-state index in [0.717, 1.165) is 64.3 Å². The van der Waals surface area contributed by atoms with Gasteiger partial charge in [0.1, 0.15) is 11.5 Å². The van der Waals surface area contributed by atoms with Gasteiger partial charge in [0.05, 0.1) is 0 Å². The lowest BCUT2D eigenvalue weighted by Crippen LogP contribution is -2.49. The van der Waals surface area contributed by atoms with Crippen LogP contribution in [0.1, 0.15) is 54.1 Å². The van der Waals surface area contributed by atoms with Gasteiger partial charge in [0, 0.05) is 44.3 Å². The molecule has 1 unspecified atom stereocenters. The average Bonchev–Trinajstić information content (AvgIpc) is 2.61. The number of likely N-dealkylation sites (N-methyl/N-ethyl adjacent to an activating group) is 1. The van der Waals surface area contributed by atoms with E-state index in [0.29, 0.717) is 17.4 Å². The second-order valence-corrected chi connectivity index (χ2v) is 7.46. The van der Waals surface area contributed by atoms with Crippen LogP contribution in [0.3, 0.4) is 0 Å². The molecule has 1 aromatic rings. The van der Waals surface area contributed by atoms with Crippen molar-refractivity contribution in [3.8, 4) is 0 Å². The fourth-order valence-corrected chi connectivity index (χ4v) is 3.97. The van der Waals surface area contributed by atoms with Crippen molar-refractivity contribution in [2.24, 2.45) is 0 Å². The van der Waals surface area contributed by atoms with Gasteiger partial charge in [-0.05, 0) is 52.4 Å². The van der Waals surface area contributed by atoms with Crippen LogP contribution >= 0.6 is 0 Å². The van der Waals surface area contributed by atoms with Crippen LogP contribution in [0.5, 0.6) is 0 Å². The summed E-state index contributed by atoms with van der Waals surface area (Å²) in [6.45, 7) is 10.9. The third kappa shape index (κ3) is 4.55. The van der Waals surface area contributed by atoms with Crippen molar-refractivity contribution in [3.63, 3.8) is 0 Å². The molecule has 1 amide bonds. The number of aryl methyl sites for hydroxylation is 1. The first-order valence-electron chi connectivity index (χ1n) is 9.62. The normalized spacial score (nSPS) is 23.0. The number of rotatable bonds is 4. The van der Waals surface area contributed by atoms with E-state index in [1.165, 1.54) is 6.42 Å². The molecule has 2 aliphatic rings. The summed E-state index contributed by atoms with van der Waals surface area (Å²) in [5.41, 5.74) is 1.60. The lowest BCUT2D eigenvalue weighted by molar-refractivity contribution is 0.0631. The standard InChI is InChI=1S/C19H31N5O/c1-4-7-23-9-11-24(12-10-23)19(25)18-13-17(20-15(2)21-18)16-6-5-8-22(3)14-16/h13,16H,4-12,14H2,1-3H3. The molecule has 2 saturated heterocycles. The quantitative estimate of drug-likeness (QED) is 0.832. The molecular formula is C19H31N5O. The Hall–Kier alpha value is -1.53. The highest BCUT2D eigenvalue weighted by Crippen LogP contribution is 2.25. The largest absolute Gasteiger partial charge is 0.335 e. The first-order valence-corrected chi connectivity index (χ1v) is 9.62. The van der Waals surface area contributed by atoms with Crippen LogP contribution in [0.2, 0.25) is 0 Å². The zero-order valence-electron chi connectivity index (χ0n) is 15.9. The number of aromatic nitrogens is 2. The number of carbonyl (C=O) groups is 1. The van der Waals surface area contributed by atoms with Crippen LogP contribution in [0.15, 0.2) is 6.07 Å². The Morgan fingerprint density at radius 3 is 2.64 bits per heavy atom. The van der Waals surface area contributed by atoms with Gasteiger partial charge in [-0.2, -0.15) is 0 Å². The zero-order chi connectivity index (χ0) is 17.8. The minimum absolute atomic E-state index is 0.0621. The molecule has 1 atom stereocenters. The van der Waals surface area contributed by atoms with Crippen molar-refractivity contribution < 1.29 is 4.79 Å². The second kappa shape index (κ2) is 8.23. The highest BCUT2D eigenvalue weighted by atomic mass is 16.2. The van der Waals surface area contributed by atoms with Crippen LogP contribution in [-0.4, -0.2) is 83.4 Å². The fourth-order valence-electron chi connectivity index (χ4n) is 3.97. The van der Waals surface area contributed by atoms with Gasteiger partial charge in [-0.15, -0.1) is 0 Å². The molecule has 0 radical (unpaired) electrons. The maximum absolute atomic E-state index is 12.9. The first-order chi connectivity index (χ1) is 12.1. The molecule has 3 rings (SSSR count). The maximum atomic E-state index is 12.9. The monoisotopic (exact) mass is 345 g/mol. The van der Waals surface area contributed by atoms with E-state index < -0.39 is 0 Å². The molecule has 25 heavy (non-hydrogen) atoms. The van der Waals surface area contributed by atoms with Crippen LogP contribution in [0, 0.1) is 6.92 Å². The summed E-state index contributed by atoms with van der Waals surface area (Å²) in [5.74, 6) is 1.18. The minimum Gasteiger partial charge on any atom is -0.335 e. The number of likely N-dealkylation sites (tertiary alicyclic amines) is 1. The van der Waals surface area contributed by atoms with Gasteiger partial charge in [-0.25, -0.2) is 9.97 Å². The molecule has 6 heteroatoms. The van der Waals surface area contributed by atoms with Crippen LogP contribution < -0.4 is 0 Å². The second-order valence-electron chi connectivity index (χ2n) is 7.46. The number of amides is 1. The molecule has 2 fully saturated rings. The highest BCUT2D eigenvalue weighted by molar-refractivity contribution is 5.92.